The zero-order valence-corrected chi connectivity index (χ0v) is 6.66. The molecule has 4 heteroatoms. The summed E-state index contributed by atoms with van der Waals surface area (Å²) in [6.45, 7) is 1.35. The molecule has 0 saturated heterocycles. The van der Waals surface area contributed by atoms with Crippen molar-refractivity contribution in [1.82, 2.24) is 0 Å². The Morgan fingerprint density at radius 3 is 2.00 bits per heavy atom. The summed E-state index contributed by atoms with van der Waals surface area (Å²) in [7, 11) is 0. The SMILES string of the molecule is CC(=O)[O][Au].[Pd]. The second kappa shape index (κ2) is 5.87. The first-order valence-electron chi connectivity index (χ1n) is 1.03. The van der Waals surface area contributed by atoms with Gasteiger partial charge < -0.3 is 0 Å². The van der Waals surface area contributed by atoms with Crippen LogP contribution >= 0.6 is 0 Å². The van der Waals surface area contributed by atoms with E-state index in [-0.39, 0.29) is 26.4 Å². The van der Waals surface area contributed by atoms with E-state index in [1.807, 2.05) is 0 Å². The first kappa shape index (κ1) is 9.98. The maximum Gasteiger partial charge on any atom is 0 e. The van der Waals surface area contributed by atoms with Crippen molar-refractivity contribution >= 4 is 5.97 Å². The fraction of sp³-hybridized carbons (Fsp3) is 0.500. The van der Waals surface area contributed by atoms with E-state index in [0.717, 1.165) is 0 Å². The summed E-state index contributed by atoms with van der Waals surface area (Å²) in [4.78, 5) is 9.58. The van der Waals surface area contributed by atoms with E-state index in [2.05, 4.69) is 3.24 Å². The predicted octanol–water partition coefficient (Wildman–Crippen LogP) is 0.00880. The van der Waals surface area contributed by atoms with Gasteiger partial charge in [-0.25, -0.2) is 0 Å². The third kappa shape index (κ3) is 8.86. The molecule has 0 spiro atoms. The van der Waals surface area contributed by atoms with E-state index >= 15 is 0 Å². The van der Waals surface area contributed by atoms with Crippen molar-refractivity contribution in [3.8, 4) is 0 Å². The minimum absolute atomic E-state index is 0. The molecule has 0 N–H and O–H groups in total. The summed E-state index contributed by atoms with van der Waals surface area (Å²) in [5.41, 5.74) is 0. The summed E-state index contributed by atoms with van der Waals surface area (Å²) in [5.74, 6) is -0.270. The van der Waals surface area contributed by atoms with Crippen LogP contribution in [0.25, 0.3) is 0 Å². The second-order valence-electron chi connectivity index (χ2n) is 0.553. The molecule has 2 nitrogen and oxygen atoms in total. The third-order valence-corrected chi connectivity index (χ3v) is 0.709. The summed E-state index contributed by atoms with van der Waals surface area (Å²) in [6, 6.07) is 0. The van der Waals surface area contributed by atoms with Crippen molar-refractivity contribution in [2.75, 3.05) is 0 Å². The molecule has 0 rings (SSSR count). The van der Waals surface area contributed by atoms with Gasteiger partial charge in [0, 0.05) is 20.4 Å². The summed E-state index contributed by atoms with van der Waals surface area (Å²) < 4.78 is 4.06. The normalized spacial score (nSPS) is 5.83. The fourth-order valence-corrected chi connectivity index (χ4v) is 0. The number of hydrogen-bond donors (Lipinski definition) is 0. The molecule has 0 fully saturated rings. The largest absolute Gasteiger partial charge is 0 e. The molecule has 0 atom stereocenters. The Morgan fingerprint density at radius 2 is 2.00 bits per heavy atom. The van der Waals surface area contributed by atoms with Gasteiger partial charge in [0.15, 0.2) is 0 Å². The minimum Gasteiger partial charge on any atom is 0 e. The Bertz CT molecular complexity index is 46.8. The van der Waals surface area contributed by atoms with Gasteiger partial charge in [-0.3, -0.25) is 0 Å². The van der Waals surface area contributed by atoms with Crippen LogP contribution in [0.3, 0.4) is 0 Å². The quantitative estimate of drug-likeness (QED) is 0.568. The van der Waals surface area contributed by atoms with Crippen molar-refractivity contribution in [2.45, 2.75) is 6.92 Å². The summed E-state index contributed by atoms with van der Waals surface area (Å²) in [6.07, 6.45) is 0. The van der Waals surface area contributed by atoms with E-state index in [1.165, 1.54) is 6.92 Å². The van der Waals surface area contributed by atoms with E-state index in [0.29, 0.717) is 0 Å². The average Bonchev–Trinajstić information content (AvgIpc) is 1.38. The molecule has 0 bridgehead atoms. The van der Waals surface area contributed by atoms with Gasteiger partial charge in [0.05, 0.1) is 0 Å². The van der Waals surface area contributed by atoms with Gasteiger partial charge in [0.25, 0.3) is 0 Å². The molecule has 44 valence electrons. The first-order chi connectivity index (χ1) is 2.27. The molecular formula is C2H3AuO2Pd. The van der Waals surface area contributed by atoms with Gasteiger partial charge in [-0.05, 0) is 0 Å². The zero-order chi connectivity index (χ0) is 4.28. The van der Waals surface area contributed by atoms with Crippen molar-refractivity contribution in [2.24, 2.45) is 0 Å². The van der Waals surface area contributed by atoms with Crippen molar-refractivity contribution in [1.29, 1.82) is 0 Å². The molecule has 0 amide bonds. The Morgan fingerprint density at radius 1 is 1.83 bits per heavy atom. The van der Waals surface area contributed by atoms with E-state index in [9.17, 15) is 4.79 Å². The van der Waals surface area contributed by atoms with Gasteiger partial charge in [-0.1, -0.05) is 0 Å². The Hall–Kier alpha value is 0.873. The van der Waals surface area contributed by atoms with Crippen LogP contribution in [-0.2, 0) is 49.9 Å². The van der Waals surface area contributed by atoms with Gasteiger partial charge in [-0.15, -0.1) is 0 Å². The topological polar surface area (TPSA) is 26.3 Å². The molecule has 0 saturated carbocycles. The molecular weight excluding hydrogens is 359 g/mol. The van der Waals surface area contributed by atoms with Gasteiger partial charge >= 0.3 is 42.4 Å². The monoisotopic (exact) mass is 362 g/mol. The van der Waals surface area contributed by atoms with Gasteiger partial charge in [0.2, 0.25) is 0 Å². The van der Waals surface area contributed by atoms with Crippen LogP contribution in [0.15, 0.2) is 0 Å². The Kier molecular flexibility index (Phi) is 9.77. The van der Waals surface area contributed by atoms with Crippen molar-refractivity contribution < 1.29 is 49.9 Å². The summed E-state index contributed by atoms with van der Waals surface area (Å²) in [5, 5.41) is 0. The van der Waals surface area contributed by atoms with Crippen LogP contribution in [0, 0.1) is 0 Å². The number of carbonyl (C=O) groups excluding carboxylic acids is 1. The molecule has 0 aromatic rings. The third-order valence-electron chi connectivity index (χ3n) is 0.0867. The maximum absolute atomic E-state index is 9.58. The predicted molar refractivity (Wildman–Crippen MR) is 11.8 cm³/mol. The number of rotatable bonds is 0. The number of carbonyl (C=O) groups is 1. The van der Waals surface area contributed by atoms with E-state index in [1.54, 1.807) is 21.5 Å². The average molecular weight is 362 g/mol. The minimum atomic E-state index is -0.270. The maximum atomic E-state index is 9.58. The van der Waals surface area contributed by atoms with E-state index in [4.69, 9.17) is 0 Å². The van der Waals surface area contributed by atoms with Gasteiger partial charge in [0.1, 0.15) is 0 Å². The standard InChI is InChI=1S/C2H4O2.Au.Pd/c1-2(3)4;;/h1H3,(H,3,4);;/q;+1;/p-1. The molecule has 0 aliphatic rings. The molecule has 0 unspecified atom stereocenters. The van der Waals surface area contributed by atoms with Crippen LogP contribution in [0.4, 0.5) is 0 Å². The smallest absolute Gasteiger partial charge is 0 e. The van der Waals surface area contributed by atoms with E-state index < -0.39 is 0 Å². The molecule has 0 aliphatic heterocycles. The van der Waals surface area contributed by atoms with Crippen LogP contribution in [0.5, 0.6) is 0 Å². The van der Waals surface area contributed by atoms with Crippen molar-refractivity contribution in [3.05, 3.63) is 0 Å². The fourth-order valence-electron chi connectivity index (χ4n) is 0. The first-order valence-corrected chi connectivity index (χ1v) is 1.92. The van der Waals surface area contributed by atoms with Crippen LogP contribution < -0.4 is 0 Å². The van der Waals surface area contributed by atoms with Crippen LogP contribution in [-0.4, -0.2) is 5.97 Å². The molecule has 0 aliphatic carbocycles. The molecule has 0 heterocycles. The molecule has 6 heavy (non-hydrogen) atoms. The molecule has 0 aromatic heterocycles. The zero-order valence-electron chi connectivity index (χ0n) is 2.93. The Labute approximate surface area is 62.7 Å². The molecule has 0 radical (unpaired) electrons. The van der Waals surface area contributed by atoms with Crippen molar-refractivity contribution in [3.63, 3.8) is 0 Å². The van der Waals surface area contributed by atoms with Crippen LogP contribution in [0.1, 0.15) is 6.92 Å². The molecule has 0 aromatic carbocycles. The second-order valence-corrected chi connectivity index (χ2v) is 0.995. The van der Waals surface area contributed by atoms with Gasteiger partial charge in [-0.2, -0.15) is 0 Å². The number of hydrogen-bond acceptors (Lipinski definition) is 2. The summed E-state index contributed by atoms with van der Waals surface area (Å²) >= 11 is 1.68. The van der Waals surface area contributed by atoms with Crippen LogP contribution in [0.2, 0.25) is 0 Å². The Balaban J connectivity index is 0.